The first-order valence-corrected chi connectivity index (χ1v) is 6.84. The zero-order valence-electron chi connectivity index (χ0n) is 10.9. The summed E-state index contributed by atoms with van der Waals surface area (Å²) >= 11 is 3.25. The maximum atomic E-state index is 11.8. The second-order valence-electron chi connectivity index (χ2n) is 5.12. The Balaban J connectivity index is 2.40. The first-order valence-electron chi connectivity index (χ1n) is 6.04. The Bertz CT molecular complexity index is 390. The summed E-state index contributed by atoms with van der Waals surface area (Å²) in [6.45, 7) is 4.92. The summed E-state index contributed by atoms with van der Waals surface area (Å²) in [5.41, 5.74) is 6.38. The lowest BCUT2D eigenvalue weighted by atomic mass is 9.84. The number of amides is 1. The molecule has 100 valence electrons. The monoisotopic (exact) mass is 313 g/mol. The van der Waals surface area contributed by atoms with E-state index in [1.807, 2.05) is 6.07 Å². The number of hydrogen-bond acceptors (Lipinski definition) is 3. The number of rotatable bonds is 6. The second-order valence-corrected chi connectivity index (χ2v) is 5.93. The van der Waals surface area contributed by atoms with Gasteiger partial charge in [-0.25, -0.2) is 4.98 Å². The van der Waals surface area contributed by atoms with Crippen LogP contribution in [0.1, 0.15) is 33.1 Å². The van der Waals surface area contributed by atoms with Crippen molar-refractivity contribution in [3.63, 3.8) is 0 Å². The fourth-order valence-electron chi connectivity index (χ4n) is 1.64. The van der Waals surface area contributed by atoms with Gasteiger partial charge < -0.3 is 11.1 Å². The van der Waals surface area contributed by atoms with Crippen LogP contribution in [0.2, 0.25) is 0 Å². The Kier molecular flexibility index (Phi) is 5.75. The predicted octanol–water partition coefficient (Wildman–Crippen LogP) is 2.94. The normalized spacial score (nSPS) is 11.3. The molecule has 0 aliphatic carbocycles. The Hall–Kier alpha value is -0.940. The number of nitrogens with zero attached hydrogens (tertiary/aromatic N) is 1. The molecule has 3 N–H and O–H groups in total. The highest BCUT2D eigenvalue weighted by Gasteiger charge is 2.18. The summed E-state index contributed by atoms with van der Waals surface area (Å²) < 4.78 is 0.754. The zero-order chi connectivity index (χ0) is 13.6. The molecule has 5 heteroatoms. The van der Waals surface area contributed by atoms with Gasteiger partial charge in [-0.3, -0.25) is 4.79 Å². The molecule has 1 amide bonds. The molecule has 1 aromatic heterocycles. The molecule has 1 heterocycles. The van der Waals surface area contributed by atoms with Gasteiger partial charge in [-0.15, -0.1) is 0 Å². The van der Waals surface area contributed by atoms with Crippen LogP contribution in [0.4, 0.5) is 5.69 Å². The summed E-state index contributed by atoms with van der Waals surface area (Å²) in [6, 6.07) is 3.62. The van der Waals surface area contributed by atoms with E-state index in [9.17, 15) is 4.79 Å². The number of hydrogen-bond donors (Lipinski definition) is 2. The number of anilines is 1. The number of carbonyl (C=O) groups is 1. The Morgan fingerprint density at radius 2 is 2.17 bits per heavy atom. The van der Waals surface area contributed by atoms with E-state index in [1.54, 1.807) is 12.3 Å². The highest BCUT2D eigenvalue weighted by molar-refractivity contribution is 9.10. The Morgan fingerprint density at radius 1 is 1.44 bits per heavy atom. The highest BCUT2D eigenvalue weighted by atomic mass is 79.9. The van der Waals surface area contributed by atoms with Crippen molar-refractivity contribution in [2.24, 2.45) is 11.1 Å². The average molecular weight is 314 g/mol. The van der Waals surface area contributed by atoms with Crippen molar-refractivity contribution in [2.45, 2.75) is 33.1 Å². The third-order valence-corrected chi connectivity index (χ3v) is 3.33. The van der Waals surface area contributed by atoms with Crippen LogP contribution < -0.4 is 11.1 Å². The minimum absolute atomic E-state index is 0.0178. The quantitative estimate of drug-likeness (QED) is 0.793. The van der Waals surface area contributed by atoms with Crippen LogP contribution in [0.15, 0.2) is 22.9 Å². The van der Waals surface area contributed by atoms with Gasteiger partial charge >= 0.3 is 0 Å². The topological polar surface area (TPSA) is 68.0 Å². The molecule has 1 rings (SSSR count). The van der Waals surface area contributed by atoms with E-state index in [0.717, 1.165) is 23.1 Å². The SMILES string of the molecule is CC(C)(CCN)CCC(=O)Nc1ccc(Br)nc1. The van der Waals surface area contributed by atoms with E-state index < -0.39 is 0 Å². The summed E-state index contributed by atoms with van der Waals surface area (Å²) in [4.78, 5) is 15.8. The molecule has 4 nitrogen and oxygen atoms in total. The van der Waals surface area contributed by atoms with E-state index in [-0.39, 0.29) is 11.3 Å². The van der Waals surface area contributed by atoms with Gasteiger partial charge in [0.15, 0.2) is 0 Å². The molecule has 0 aliphatic heterocycles. The van der Waals surface area contributed by atoms with Crippen molar-refractivity contribution < 1.29 is 4.79 Å². The van der Waals surface area contributed by atoms with Crippen LogP contribution in [0.25, 0.3) is 0 Å². The van der Waals surface area contributed by atoms with Gasteiger partial charge in [0.2, 0.25) is 5.91 Å². The maximum absolute atomic E-state index is 11.8. The number of nitrogens with two attached hydrogens (primary N) is 1. The molecule has 0 spiro atoms. The van der Waals surface area contributed by atoms with Crippen LogP contribution in [0.5, 0.6) is 0 Å². The highest BCUT2D eigenvalue weighted by Crippen LogP contribution is 2.26. The first kappa shape index (κ1) is 15.1. The number of aromatic nitrogens is 1. The fraction of sp³-hybridized carbons (Fsp3) is 0.538. The molecule has 0 bridgehead atoms. The van der Waals surface area contributed by atoms with Crippen LogP contribution in [-0.2, 0) is 4.79 Å². The standard InChI is InChI=1S/C13H20BrN3O/c1-13(2,7-8-15)6-5-12(18)17-10-3-4-11(14)16-9-10/h3-4,9H,5-8,15H2,1-2H3,(H,17,18). The number of nitrogens with one attached hydrogen (secondary N) is 1. The van der Waals surface area contributed by atoms with Crippen LogP contribution >= 0.6 is 15.9 Å². The molecule has 0 atom stereocenters. The van der Waals surface area contributed by atoms with Crippen molar-refractivity contribution in [1.29, 1.82) is 0 Å². The summed E-state index contributed by atoms with van der Waals surface area (Å²) in [6.07, 6.45) is 3.90. The van der Waals surface area contributed by atoms with Gasteiger partial charge in [0, 0.05) is 6.42 Å². The average Bonchev–Trinajstić information content (AvgIpc) is 2.30. The lowest BCUT2D eigenvalue weighted by Crippen LogP contribution is -2.20. The smallest absolute Gasteiger partial charge is 0.224 e. The molecule has 18 heavy (non-hydrogen) atoms. The van der Waals surface area contributed by atoms with E-state index in [2.05, 4.69) is 40.1 Å². The van der Waals surface area contributed by atoms with Crippen molar-refractivity contribution in [1.82, 2.24) is 4.98 Å². The zero-order valence-corrected chi connectivity index (χ0v) is 12.5. The van der Waals surface area contributed by atoms with E-state index in [4.69, 9.17) is 5.73 Å². The van der Waals surface area contributed by atoms with E-state index in [0.29, 0.717) is 13.0 Å². The van der Waals surface area contributed by atoms with Crippen LogP contribution in [0, 0.1) is 5.41 Å². The summed E-state index contributed by atoms with van der Waals surface area (Å²) in [7, 11) is 0. The van der Waals surface area contributed by atoms with Crippen molar-refractivity contribution in [3.8, 4) is 0 Å². The van der Waals surface area contributed by atoms with Crippen molar-refractivity contribution >= 4 is 27.5 Å². The molecular weight excluding hydrogens is 294 g/mol. The summed E-state index contributed by atoms with van der Waals surface area (Å²) in [5.74, 6) is 0.0178. The largest absolute Gasteiger partial charge is 0.330 e. The molecule has 1 aromatic rings. The van der Waals surface area contributed by atoms with Gasteiger partial charge in [-0.1, -0.05) is 13.8 Å². The third kappa shape index (κ3) is 5.60. The Labute approximate surface area is 116 Å². The molecule has 0 aliphatic rings. The van der Waals surface area contributed by atoms with Crippen molar-refractivity contribution in [3.05, 3.63) is 22.9 Å². The number of pyridine rings is 1. The first-order chi connectivity index (χ1) is 8.43. The van der Waals surface area contributed by atoms with E-state index in [1.165, 1.54) is 0 Å². The van der Waals surface area contributed by atoms with Crippen molar-refractivity contribution in [2.75, 3.05) is 11.9 Å². The van der Waals surface area contributed by atoms with Gasteiger partial charge in [-0.2, -0.15) is 0 Å². The lowest BCUT2D eigenvalue weighted by Gasteiger charge is -2.23. The second kappa shape index (κ2) is 6.85. The van der Waals surface area contributed by atoms with Crippen LogP contribution in [-0.4, -0.2) is 17.4 Å². The van der Waals surface area contributed by atoms with E-state index >= 15 is 0 Å². The maximum Gasteiger partial charge on any atom is 0.224 e. The minimum atomic E-state index is 0.0178. The molecule has 0 radical (unpaired) electrons. The van der Waals surface area contributed by atoms with Gasteiger partial charge in [0.05, 0.1) is 11.9 Å². The summed E-state index contributed by atoms with van der Waals surface area (Å²) in [5, 5.41) is 2.83. The van der Waals surface area contributed by atoms with Gasteiger partial charge in [0.25, 0.3) is 0 Å². The van der Waals surface area contributed by atoms with Gasteiger partial charge in [-0.05, 0) is 52.9 Å². The minimum Gasteiger partial charge on any atom is -0.330 e. The number of halogens is 1. The Morgan fingerprint density at radius 3 is 2.72 bits per heavy atom. The third-order valence-electron chi connectivity index (χ3n) is 2.86. The molecule has 0 unspecified atom stereocenters. The lowest BCUT2D eigenvalue weighted by molar-refractivity contribution is -0.116. The predicted molar refractivity (Wildman–Crippen MR) is 77.3 cm³/mol. The van der Waals surface area contributed by atoms with Crippen LogP contribution in [0.3, 0.4) is 0 Å². The number of carbonyl (C=O) groups excluding carboxylic acids is 1. The molecule has 0 fully saturated rings. The molecule has 0 saturated carbocycles. The molecule has 0 aromatic carbocycles. The molecule has 0 saturated heterocycles. The van der Waals surface area contributed by atoms with Gasteiger partial charge in [0.1, 0.15) is 4.60 Å². The fourth-order valence-corrected chi connectivity index (χ4v) is 1.88. The molecular formula is C13H20BrN3O.